The van der Waals surface area contributed by atoms with Gasteiger partial charge in [0.15, 0.2) is 23.2 Å². The lowest BCUT2D eigenvalue weighted by molar-refractivity contribution is -0.196. The van der Waals surface area contributed by atoms with Crippen LogP contribution in [0.5, 0.6) is 0 Å². The molecule has 6 atom stereocenters. The van der Waals surface area contributed by atoms with Crippen molar-refractivity contribution in [2.45, 2.75) is 70.5 Å². The van der Waals surface area contributed by atoms with E-state index in [4.69, 9.17) is 23.5 Å². The molecule has 1 aliphatic heterocycles. The Kier molecular flexibility index (Phi) is 11.5. The first-order valence-corrected chi connectivity index (χ1v) is 17.0. The summed E-state index contributed by atoms with van der Waals surface area (Å²) in [6, 6.07) is 16.8. The van der Waals surface area contributed by atoms with Crippen LogP contribution in [0.1, 0.15) is 49.8 Å². The highest BCUT2D eigenvalue weighted by Gasteiger charge is 2.56. The van der Waals surface area contributed by atoms with Crippen molar-refractivity contribution < 1.29 is 47.6 Å². The van der Waals surface area contributed by atoms with Gasteiger partial charge in [-0.25, -0.2) is 24.6 Å². The molecule has 5 rings (SSSR count). The van der Waals surface area contributed by atoms with Crippen molar-refractivity contribution in [3.63, 3.8) is 0 Å². The number of fused-ring (bicyclic) bond motifs is 1. The van der Waals surface area contributed by atoms with Crippen molar-refractivity contribution >= 4 is 36.6 Å². The zero-order valence-electron chi connectivity index (χ0n) is 27.3. The number of aliphatic hydroxyl groups is 1. The second kappa shape index (κ2) is 15.6. The van der Waals surface area contributed by atoms with Gasteiger partial charge in [0.25, 0.3) is 5.91 Å². The van der Waals surface area contributed by atoms with Gasteiger partial charge >= 0.3 is 13.7 Å². The van der Waals surface area contributed by atoms with Crippen LogP contribution >= 0.6 is 7.75 Å². The summed E-state index contributed by atoms with van der Waals surface area (Å²) in [6.07, 6.45) is -1.55. The highest BCUT2D eigenvalue weighted by molar-refractivity contribution is 7.50. The number of anilines is 1. The molecule has 0 saturated carbocycles. The molecule has 262 valence electrons. The maximum Gasteiger partial charge on any atom is 0.403 e. The highest BCUT2D eigenvalue weighted by atomic mass is 31.2. The molecule has 49 heavy (non-hydrogen) atoms. The third-order valence-corrected chi connectivity index (χ3v) is 8.87. The van der Waals surface area contributed by atoms with Crippen LogP contribution in [-0.2, 0) is 39.4 Å². The maximum atomic E-state index is 12.9. The molecule has 1 saturated heterocycles. The standard InChI is InChI=1S/C32H39N6O10P/c1-20(2)47-30(41)21(3)37-49(42,43)46-16-24-26(39)32(4,45-19-44-15-22-11-7-5-8-12-22)31(48-24)38-18-35-25-27(33-17-34-28(25)38)36-29(40)23-13-9-6-10-14-23/h5-14,17-18,20-21,24,26,31,39H,15-16,19H2,1-4H3,(H2,37,42,43)(H,33,34,36,40)/t21?,24-,26?,31-,32+/m1/s1. The number of benzene rings is 2. The van der Waals surface area contributed by atoms with Gasteiger partial charge in [-0.3, -0.25) is 18.7 Å². The van der Waals surface area contributed by atoms with Gasteiger partial charge in [-0.1, -0.05) is 48.5 Å². The van der Waals surface area contributed by atoms with Gasteiger partial charge < -0.3 is 34.3 Å². The number of aliphatic hydroxyl groups excluding tert-OH is 1. The normalized spacial score (nSPS) is 22.6. The van der Waals surface area contributed by atoms with Crippen LogP contribution in [0, 0.1) is 0 Å². The molecule has 1 amide bonds. The largest absolute Gasteiger partial charge is 0.462 e. The van der Waals surface area contributed by atoms with E-state index in [1.54, 1.807) is 51.1 Å². The first-order valence-electron chi connectivity index (χ1n) is 15.5. The number of imidazole rings is 1. The fourth-order valence-corrected chi connectivity index (χ4v) is 6.17. The molecule has 4 aromatic rings. The molecule has 3 unspecified atom stereocenters. The van der Waals surface area contributed by atoms with Crippen molar-refractivity contribution in [1.82, 2.24) is 24.6 Å². The van der Waals surface area contributed by atoms with Gasteiger partial charge in [0.2, 0.25) is 0 Å². The average molecular weight is 699 g/mol. The summed E-state index contributed by atoms with van der Waals surface area (Å²) in [6.45, 7) is 5.64. The molecule has 1 aliphatic rings. The van der Waals surface area contributed by atoms with Crippen LogP contribution in [0.4, 0.5) is 5.82 Å². The Morgan fingerprint density at radius 3 is 2.45 bits per heavy atom. The maximum absolute atomic E-state index is 12.9. The number of carbonyl (C=O) groups is 2. The molecule has 17 heteroatoms. The molecule has 0 spiro atoms. The number of aromatic nitrogens is 4. The molecule has 0 bridgehead atoms. The summed E-state index contributed by atoms with van der Waals surface area (Å²) in [7, 11) is -4.58. The Balaban J connectivity index is 1.36. The molecule has 2 aromatic heterocycles. The number of esters is 1. The Hall–Kier alpha value is -4.12. The van der Waals surface area contributed by atoms with E-state index in [0.29, 0.717) is 5.56 Å². The number of nitrogens with one attached hydrogen (secondary N) is 2. The lowest BCUT2D eigenvalue weighted by Crippen LogP contribution is -2.47. The van der Waals surface area contributed by atoms with Gasteiger partial charge in [-0.2, -0.15) is 0 Å². The molecule has 1 fully saturated rings. The molecule has 3 heterocycles. The second-order valence-electron chi connectivity index (χ2n) is 11.8. The number of rotatable bonds is 15. The van der Waals surface area contributed by atoms with Crippen LogP contribution in [-0.4, -0.2) is 84.8 Å². The van der Waals surface area contributed by atoms with Crippen molar-refractivity contribution in [3.05, 3.63) is 84.4 Å². The van der Waals surface area contributed by atoms with Crippen LogP contribution < -0.4 is 10.4 Å². The Bertz CT molecular complexity index is 1780. The predicted molar refractivity (Wildman–Crippen MR) is 175 cm³/mol. The third-order valence-electron chi connectivity index (χ3n) is 7.65. The van der Waals surface area contributed by atoms with E-state index in [2.05, 4.69) is 25.4 Å². The highest BCUT2D eigenvalue weighted by Crippen LogP contribution is 2.45. The Morgan fingerprint density at radius 1 is 1.06 bits per heavy atom. The van der Waals surface area contributed by atoms with E-state index in [9.17, 15) is 24.2 Å². The number of carbonyl (C=O) groups excluding carboxylic acids is 2. The minimum absolute atomic E-state index is 0.141. The quantitative estimate of drug-likeness (QED) is 0.0609. The smallest absolute Gasteiger partial charge is 0.403 e. The molecule has 0 aliphatic carbocycles. The van der Waals surface area contributed by atoms with Gasteiger partial charge in [0.1, 0.15) is 37.0 Å². The van der Waals surface area contributed by atoms with Crippen molar-refractivity contribution in [1.29, 1.82) is 0 Å². The summed E-state index contributed by atoms with van der Waals surface area (Å²) < 4.78 is 42.8. The van der Waals surface area contributed by atoms with Crippen LogP contribution in [0.3, 0.4) is 0 Å². The van der Waals surface area contributed by atoms with Crippen molar-refractivity contribution in [2.75, 3.05) is 18.7 Å². The van der Waals surface area contributed by atoms with E-state index in [-0.39, 0.29) is 30.4 Å². The zero-order chi connectivity index (χ0) is 35.2. The van der Waals surface area contributed by atoms with Gasteiger partial charge in [0, 0.05) is 5.56 Å². The van der Waals surface area contributed by atoms with E-state index in [1.165, 1.54) is 24.1 Å². The molecular formula is C32H39N6O10P. The Labute approximate surface area is 282 Å². The van der Waals surface area contributed by atoms with E-state index in [1.807, 2.05) is 30.3 Å². The summed E-state index contributed by atoms with van der Waals surface area (Å²) in [5, 5.41) is 16.5. The van der Waals surface area contributed by atoms with Crippen LogP contribution in [0.2, 0.25) is 0 Å². The summed E-state index contributed by atoms with van der Waals surface area (Å²) in [5.41, 5.74) is 0.250. The SMILES string of the molecule is CC(C)OC(=O)C(C)NP(=O)(O)OC[C@H]1O[C@@H](n2cnc3c(NC(=O)c4ccccc4)ncnc32)[C@@](C)(OCOCc2ccccc2)C1O. The summed E-state index contributed by atoms with van der Waals surface area (Å²) in [4.78, 5) is 48.5. The molecule has 4 N–H and O–H groups in total. The first kappa shape index (κ1) is 36.2. The number of hydrogen-bond donors (Lipinski definition) is 4. The van der Waals surface area contributed by atoms with Crippen LogP contribution in [0.15, 0.2) is 73.3 Å². The lowest BCUT2D eigenvalue weighted by atomic mass is 9.96. The van der Waals surface area contributed by atoms with Gasteiger partial charge in [0.05, 0.1) is 25.6 Å². The number of amides is 1. The average Bonchev–Trinajstić information content (AvgIpc) is 3.61. The number of hydrogen-bond acceptors (Lipinski definition) is 12. The van der Waals surface area contributed by atoms with Crippen molar-refractivity contribution in [3.8, 4) is 0 Å². The third kappa shape index (κ3) is 8.73. The molecule has 2 aromatic carbocycles. The predicted octanol–water partition coefficient (Wildman–Crippen LogP) is 3.33. The van der Waals surface area contributed by atoms with Gasteiger partial charge in [-0.05, 0) is 45.4 Å². The summed E-state index contributed by atoms with van der Waals surface area (Å²) >= 11 is 0. The monoisotopic (exact) mass is 698 g/mol. The molecule has 16 nitrogen and oxygen atoms in total. The molecule has 0 radical (unpaired) electrons. The van der Waals surface area contributed by atoms with Crippen molar-refractivity contribution in [2.24, 2.45) is 0 Å². The zero-order valence-corrected chi connectivity index (χ0v) is 28.2. The Morgan fingerprint density at radius 2 is 1.76 bits per heavy atom. The first-order chi connectivity index (χ1) is 23.4. The summed E-state index contributed by atoms with van der Waals surface area (Å²) in [5.74, 6) is -1.01. The van der Waals surface area contributed by atoms with Gasteiger partial charge in [-0.15, -0.1) is 0 Å². The minimum atomic E-state index is -4.58. The van der Waals surface area contributed by atoms with Crippen LogP contribution in [0.25, 0.3) is 11.2 Å². The molecular weight excluding hydrogens is 659 g/mol. The number of ether oxygens (including phenoxy) is 4. The number of nitrogens with zero attached hydrogens (tertiary/aromatic N) is 4. The fraction of sp³-hybridized carbons (Fsp3) is 0.406. The van der Waals surface area contributed by atoms with E-state index < -0.39 is 62.4 Å². The van der Waals surface area contributed by atoms with E-state index >= 15 is 0 Å². The second-order valence-corrected chi connectivity index (χ2v) is 13.3. The van der Waals surface area contributed by atoms with E-state index in [0.717, 1.165) is 5.56 Å². The lowest BCUT2D eigenvalue weighted by Gasteiger charge is -2.33. The fourth-order valence-electron chi connectivity index (χ4n) is 5.15. The minimum Gasteiger partial charge on any atom is -0.462 e. The topological polar surface area (TPSA) is 205 Å².